The number of fused-ring (bicyclic) bond motifs is 1. The van der Waals surface area contributed by atoms with E-state index in [1.165, 1.54) is 0 Å². The summed E-state index contributed by atoms with van der Waals surface area (Å²) < 4.78 is 5.69. The summed E-state index contributed by atoms with van der Waals surface area (Å²) in [7, 11) is 0. The molecule has 0 fully saturated rings. The van der Waals surface area contributed by atoms with Crippen LogP contribution in [0.25, 0.3) is 0 Å². The number of cyclic esters (lactones) is 1. The molecule has 7 heteroatoms. The molecule has 2 aromatic carbocycles. The Morgan fingerprint density at radius 2 is 1.78 bits per heavy atom. The predicted molar refractivity (Wildman–Crippen MR) is 136 cm³/mol. The minimum Gasteiger partial charge on any atom is -0.456 e. The number of benzene rings is 2. The van der Waals surface area contributed by atoms with Crippen molar-refractivity contribution in [1.29, 1.82) is 0 Å². The van der Waals surface area contributed by atoms with Gasteiger partial charge in [-0.2, -0.15) is 0 Å². The Labute approximate surface area is 212 Å². The normalized spacial score (nSPS) is 23.4. The third kappa shape index (κ3) is 6.61. The van der Waals surface area contributed by atoms with E-state index < -0.39 is 12.0 Å². The first-order valence-corrected chi connectivity index (χ1v) is 12.7. The van der Waals surface area contributed by atoms with Gasteiger partial charge in [-0.3, -0.25) is 14.4 Å². The Balaban J connectivity index is 1.48. The van der Waals surface area contributed by atoms with Gasteiger partial charge in [0.15, 0.2) is 0 Å². The second-order valence-electron chi connectivity index (χ2n) is 9.47. The lowest BCUT2D eigenvalue weighted by Gasteiger charge is -2.36. The highest BCUT2D eigenvalue weighted by atomic mass is 16.5. The lowest BCUT2D eigenvalue weighted by molar-refractivity contribution is -0.150. The van der Waals surface area contributed by atoms with E-state index in [1.807, 2.05) is 66.7 Å². The smallest absolute Gasteiger partial charge is 0.306 e. The standard InChI is InChI=1S/C29H34N2O5/c32-20-25-16-22-12-8-9-14-24(22)19-31(25)27(33)17-23-13-4-1-2-7-15-28(34)36-26(18-30-29(23)35)21-10-5-3-6-11-21/h1,3-6,8-12,14,23,25-26,32H,2,7,13,15-20H2,(H,30,35)/t23-,25+,26-/m1/s1. The Bertz CT molecular complexity index is 1080. The highest BCUT2D eigenvalue weighted by Gasteiger charge is 2.32. The number of aliphatic hydroxyl groups is 1. The second kappa shape index (κ2) is 12.5. The van der Waals surface area contributed by atoms with E-state index in [2.05, 4.69) is 5.32 Å². The van der Waals surface area contributed by atoms with Crippen LogP contribution < -0.4 is 5.32 Å². The molecule has 36 heavy (non-hydrogen) atoms. The molecule has 7 nitrogen and oxygen atoms in total. The van der Waals surface area contributed by atoms with Crippen molar-refractivity contribution in [3.8, 4) is 0 Å². The molecule has 0 saturated heterocycles. The van der Waals surface area contributed by atoms with Crippen molar-refractivity contribution < 1.29 is 24.2 Å². The number of nitrogens with one attached hydrogen (secondary N) is 1. The van der Waals surface area contributed by atoms with E-state index in [1.54, 1.807) is 4.90 Å². The maximum Gasteiger partial charge on any atom is 0.306 e. The molecule has 0 radical (unpaired) electrons. The number of hydrogen-bond acceptors (Lipinski definition) is 5. The van der Waals surface area contributed by atoms with Gasteiger partial charge in [-0.15, -0.1) is 0 Å². The van der Waals surface area contributed by atoms with E-state index in [0.717, 1.165) is 16.7 Å². The summed E-state index contributed by atoms with van der Waals surface area (Å²) in [5.74, 6) is -1.24. The molecule has 190 valence electrons. The van der Waals surface area contributed by atoms with Gasteiger partial charge >= 0.3 is 5.97 Å². The summed E-state index contributed by atoms with van der Waals surface area (Å²) >= 11 is 0. The van der Waals surface area contributed by atoms with Crippen LogP contribution in [0.5, 0.6) is 0 Å². The first-order chi connectivity index (χ1) is 17.5. The zero-order valence-electron chi connectivity index (χ0n) is 20.5. The SMILES string of the molecule is O=C1CCCC=CC[C@H](CC(=O)N2Cc3ccccc3C[C@H]2CO)C(=O)NC[C@H](c2ccccc2)O1. The van der Waals surface area contributed by atoms with Crippen LogP contribution >= 0.6 is 0 Å². The number of hydrogen-bond donors (Lipinski definition) is 2. The number of rotatable bonds is 4. The lowest BCUT2D eigenvalue weighted by atomic mass is 9.92. The monoisotopic (exact) mass is 490 g/mol. The topological polar surface area (TPSA) is 95.9 Å². The Morgan fingerprint density at radius 3 is 2.56 bits per heavy atom. The highest BCUT2D eigenvalue weighted by molar-refractivity contribution is 5.86. The first-order valence-electron chi connectivity index (χ1n) is 12.7. The number of carbonyl (C=O) groups is 3. The third-order valence-corrected chi connectivity index (χ3v) is 6.92. The number of esters is 1. The van der Waals surface area contributed by atoms with Crippen molar-refractivity contribution in [2.24, 2.45) is 5.92 Å². The van der Waals surface area contributed by atoms with Gasteiger partial charge < -0.3 is 20.1 Å². The lowest BCUT2D eigenvalue weighted by Crippen LogP contribution is -2.47. The molecule has 2 N–H and O–H groups in total. The van der Waals surface area contributed by atoms with Crippen molar-refractivity contribution in [3.05, 3.63) is 83.4 Å². The molecule has 2 heterocycles. The van der Waals surface area contributed by atoms with Crippen LogP contribution in [-0.2, 0) is 32.1 Å². The summed E-state index contributed by atoms with van der Waals surface area (Å²) in [5.41, 5.74) is 3.02. The molecule has 2 aliphatic rings. The van der Waals surface area contributed by atoms with Crippen molar-refractivity contribution >= 4 is 17.8 Å². The van der Waals surface area contributed by atoms with Crippen molar-refractivity contribution in [2.75, 3.05) is 13.2 Å². The van der Waals surface area contributed by atoms with Gasteiger partial charge in [0, 0.05) is 19.4 Å². The minimum absolute atomic E-state index is 0.0463. The number of allylic oxidation sites excluding steroid dienone is 2. The first kappa shape index (κ1) is 25.6. The Hall–Kier alpha value is -3.45. The van der Waals surface area contributed by atoms with Crippen molar-refractivity contribution in [3.63, 3.8) is 0 Å². The van der Waals surface area contributed by atoms with Crippen LogP contribution in [0.4, 0.5) is 0 Å². The third-order valence-electron chi connectivity index (χ3n) is 6.92. The van der Waals surface area contributed by atoms with Gasteiger partial charge in [-0.05, 0) is 42.4 Å². The summed E-state index contributed by atoms with van der Waals surface area (Å²) in [6.07, 6.45) is 6.02. The van der Waals surface area contributed by atoms with Crippen molar-refractivity contribution in [1.82, 2.24) is 10.2 Å². The number of ether oxygens (including phenoxy) is 1. The van der Waals surface area contributed by atoms with E-state index >= 15 is 0 Å². The van der Waals surface area contributed by atoms with E-state index in [9.17, 15) is 19.5 Å². The molecule has 0 saturated carbocycles. The van der Waals surface area contributed by atoms with E-state index in [4.69, 9.17) is 4.74 Å². The van der Waals surface area contributed by atoms with Gasteiger partial charge in [0.05, 0.1) is 25.1 Å². The summed E-state index contributed by atoms with van der Waals surface area (Å²) in [6, 6.07) is 17.0. The molecule has 2 aromatic rings. The van der Waals surface area contributed by atoms with Gasteiger partial charge in [-0.1, -0.05) is 66.7 Å². The summed E-state index contributed by atoms with van der Waals surface area (Å²) in [6.45, 7) is 0.441. The van der Waals surface area contributed by atoms with Crippen LogP contribution in [0, 0.1) is 5.92 Å². The average Bonchev–Trinajstić information content (AvgIpc) is 2.92. The number of nitrogens with zero attached hydrogens (tertiary/aromatic N) is 1. The fraction of sp³-hybridized carbons (Fsp3) is 0.414. The summed E-state index contributed by atoms with van der Waals surface area (Å²) in [5, 5.41) is 12.9. The Morgan fingerprint density at radius 1 is 1.03 bits per heavy atom. The molecule has 0 spiro atoms. The second-order valence-corrected chi connectivity index (χ2v) is 9.47. The molecule has 0 unspecified atom stereocenters. The van der Waals surface area contributed by atoms with Crippen LogP contribution in [0.2, 0.25) is 0 Å². The largest absolute Gasteiger partial charge is 0.456 e. The quantitative estimate of drug-likeness (QED) is 0.506. The average molecular weight is 491 g/mol. The van der Waals surface area contributed by atoms with Crippen LogP contribution in [0.1, 0.15) is 54.9 Å². The highest BCUT2D eigenvalue weighted by Crippen LogP contribution is 2.26. The van der Waals surface area contributed by atoms with Gasteiger partial charge in [-0.25, -0.2) is 0 Å². The molecule has 2 aliphatic heterocycles. The zero-order chi connectivity index (χ0) is 25.3. The molecule has 4 rings (SSSR count). The fourth-order valence-corrected chi connectivity index (χ4v) is 4.85. The van der Waals surface area contributed by atoms with Gasteiger partial charge in [0.25, 0.3) is 0 Å². The maximum atomic E-state index is 13.4. The van der Waals surface area contributed by atoms with Crippen LogP contribution in [-0.4, -0.2) is 47.0 Å². The molecule has 0 aliphatic carbocycles. The van der Waals surface area contributed by atoms with Gasteiger partial charge in [0.2, 0.25) is 11.8 Å². The summed E-state index contributed by atoms with van der Waals surface area (Å²) in [4.78, 5) is 40.7. The fourth-order valence-electron chi connectivity index (χ4n) is 4.85. The molecule has 0 aromatic heterocycles. The van der Waals surface area contributed by atoms with E-state index in [-0.39, 0.29) is 43.4 Å². The number of amides is 2. The van der Waals surface area contributed by atoms with Crippen LogP contribution in [0.3, 0.4) is 0 Å². The van der Waals surface area contributed by atoms with Gasteiger partial charge in [0.1, 0.15) is 6.10 Å². The van der Waals surface area contributed by atoms with E-state index in [0.29, 0.717) is 38.6 Å². The Kier molecular flexibility index (Phi) is 8.90. The number of aliphatic hydroxyl groups excluding tert-OH is 1. The molecule has 3 atom stereocenters. The van der Waals surface area contributed by atoms with Crippen molar-refractivity contribution in [2.45, 2.75) is 57.2 Å². The maximum absolute atomic E-state index is 13.4. The molecular weight excluding hydrogens is 456 g/mol. The molecular formula is C29H34N2O5. The van der Waals surface area contributed by atoms with Crippen LogP contribution in [0.15, 0.2) is 66.7 Å². The number of carbonyl (C=O) groups excluding carboxylic acids is 3. The molecule has 0 bridgehead atoms. The zero-order valence-corrected chi connectivity index (χ0v) is 20.5. The predicted octanol–water partition coefficient (Wildman–Crippen LogP) is 3.47. The molecule has 2 amide bonds. The minimum atomic E-state index is -0.593.